The summed E-state index contributed by atoms with van der Waals surface area (Å²) in [5.41, 5.74) is 3.64. The highest BCUT2D eigenvalue weighted by atomic mass is 16.6. The van der Waals surface area contributed by atoms with Crippen LogP contribution in [0.15, 0.2) is 5.34 Å². The molecule has 0 heterocycles. The van der Waals surface area contributed by atoms with Crippen LogP contribution in [0.1, 0.15) is 13.8 Å². The molecule has 0 saturated carbocycles. The first kappa shape index (κ1) is 9.61. The van der Waals surface area contributed by atoms with Crippen LogP contribution in [0.5, 0.6) is 0 Å². The molecule has 0 aliphatic rings. The lowest BCUT2D eigenvalue weighted by atomic mass is 10.5. The molecule has 0 aliphatic heterocycles. The van der Waals surface area contributed by atoms with Crippen molar-refractivity contribution in [3.8, 4) is 0 Å². The fourth-order valence-electron chi connectivity index (χ4n) is 0. The van der Waals surface area contributed by atoms with E-state index in [1.54, 1.807) is 0 Å². The predicted molar refractivity (Wildman–Crippen MR) is 27.2 cm³/mol. The van der Waals surface area contributed by atoms with Crippen molar-refractivity contribution in [2.24, 2.45) is 5.34 Å². The number of hydrogen-bond donors (Lipinski definition) is 1. The maximum absolute atomic E-state index is 8.00. The minimum atomic E-state index is 0.583. The van der Waals surface area contributed by atoms with Crippen LogP contribution < -0.4 is 5.73 Å². The summed E-state index contributed by atoms with van der Waals surface area (Å²) in [5, 5.41) is 9.00. The number of nitrogens with zero attached hydrogens (tertiary/aromatic N) is 1. The quantitative estimate of drug-likeness (QED) is 0.345. The van der Waals surface area contributed by atoms with Gasteiger partial charge in [0.05, 0.1) is 6.04 Å². The molecule has 0 rings (SSSR count). The number of hydrogen-bond acceptors (Lipinski definition) is 3. The van der Waals surface area contributed by atoms with Crippen molar-refractivity contribution in [1.29, 1.82) is 0 Å². The van der Waals surface area contributed by atoms with E-state index >= 15 is 0 Å². The molecule has 0 aromatic carbocycles. The summed E-state index contributed by atoms with van der Waals surface area (Å²) in [6, 6.07) is 0.583. The van der Waals surface area contributed by atoms with Gasteiger partial charge in [-0.15, -0.1) is 5.34 Å². The molecular formula is C3H10N2O2. The average molecular weight is 106 g/mol. The molecule has 0 saturated heterocycles. The van der Waals surface area contributed by atoms with E-state index in [1.807, 2.05) is 0 Å². The first-order valence-corrected chi connectivity index (χ1v) is 1.93. The molecule has 0 atom stereocenters. The van der Waals surface area contributed by atoms with Crippen LogP contribution >= 0.6 is 0 Å². The third-order valence-electron chi connectivity index (χ3n) is 0. The summed E-state index contributed by atoms with van der Waals surface area (Å²) < 4.78 is 0. The molecule has 0 aliphatic carbocycles. The average Bonchev–Trinajstić information content (AvgIpc) is 1.33. The zero-order chi connectivity index (χ0) is 6.28. The van der Waals surface area contributed by atoms with E-state index in [2.05, 4.69) is 19.6 Å². The van der Waals surface area contributed by atoms with Gasteiger partial charge in [0.15, 0.2) is 0 Å². The van der Waals surface area contributed by atoms with Gasteiger partial charge in [-0.2, -0.15) is 0 Å². The van der Waals surface area contributed by atoms with Crippen LogP contribution in [-0.2, 0) is 0 Å². The highest BCUT2D eigenvalue weighted by molar-refractivity contribution is 4.21. The Hall–Kier alpha value is -0.640. The summed E-state index contributed by atoms with van der Waals surface area (Å²) in [4.78, 5) is 8.00. The molecule has 4 heteroatoms. The molecule has 0 spiro atoms. The minimum absolute atomic E-state index is 0.583. The minimum Gasteiger partial charge on any atom is -0.444 e. The largest absolute Gasteiger partial charge is 0.444 e. The van der Waals surface area contributed by atoms with Crippen molar-refractivity contribution in [3.63, 3.8) is 0 Å². The first-order valence-electron chi connectivity index (χ1n) is 1.93. The van der Waals surface area contributed by atoms with Gasteiger partial charge in [0.1, 0.15) is 0 Å². The molecule has 4 nitrogen and oxygen atoms in total. The Morgan fingerprint density at radius 3 is 1.71 bits per heavy atom. The van der Waals surface area contributed by atoms with Gasteiger partial charge >= 0.3 is 0 Å². The Morgan fingerprint density at radius 1 is 1.71 bits per heavy atom. The van der Waals surface area contributed by atoms with E-state index in [0.717, 1.165) is 5.34 Å². The third kappa shape index (κ3) is 148. The summed E-state index contributed by atoms with van der Waals surface area (Å²) >= 11 is 0. The zero-order valence-corrected chi connectivity index (χ0v) is 4.55. The molecule has 0 amide bonds. The molecule has 0 bridgehead atoms. The fraction of sp³-hybridized carbons (Fsp3) is 1.00. The summed E-state index contributed by atoms with van der Waals surface area (Å²) in [5.74, 6) is 0. The van der Waals surface area contributed by atoms with Crippen LogP contribution in [0.3, 0.4) is 0 Å². The molecule has 7 heavy (non-hydrogen) atoms. The van der Waals surface area contributed by atoms with Crippen LogP contribution in [0.2, 0.25) is 0 Å². The SMILES string of the molecule is CC(C)[NH3+].O=N[O-]. The maximum Gasteiger partial charge on any atom is 0.0786 e. The smallest absolute Gasteiger partial charge is 0.0786 e. The molecule has 0 fully saturated rings. The van der Waals surface area contributed by atoms with Gasteiger partial charge in [-0.25, -0.2) is 0 Å². The van der Waals surface area contributed by atoms with Crippen molar-refractivity contribution in [2.45, 2.75) is 19.9 Å². The Bertz CT molecular complexity index is 35.2. The monoisotopic (exact) mass is 106 g/mol. The molecule has 3 N–H and O–H groups in total. The second-order valence-electron chi connectivity index (χ2n) is 1.47. The van der Waals surface area contributed by atoms with Crippen LogP contribution in [-0.4, -0.2) is 6.04 Å². The molecule has 0 radical (unpaired) electrons. The Balaban J connectivity index is 0. The van der Waals surface area contributed by atoms with Gasteiger partial charge in [0.2, 0.25) is 0 Å². The van der Waals surface area contributed by atoms with Gasteiger partial charge in [-0.05, 0) is 13.8 Å². The molecule has 44 valence electrons. The highest BCUT2D eigenvalue weighted by Gasteiger charge is 1.72. The molecule has 0 unspecified atom stereocenters. The summed E-state index contributed by atoms with van der Waals surface area (Å²) in [6.45, 7) is 4.11. The van der Waals surface area contributed by atoms with Crippen molar-refractivity contribution in [3.05, 3.63) is 10.1 Å². The van der Waals surface area contributed by atoms with Crippen molar-refractivity contribution >= 4 is 0 Å². The normalized spacial score (nSPS) is 6.86. The third-order valence-corrected chi connectivity index (χ3v) is 0. The second-order valence-corrected chi connectivity index (χ2v) is 1.47. The van der Waals surface area contributed by atoms with E-state index in [-0.39, 0.29) is 0 Å². The zero-order valence-electron chi connectivity index (χ0n) is 4.55. The van der Waals surface area contributed by atoms with Gasteiger partial charge in [-0.1, -0.05) is 0 Å². The Kier molecular flexibility index (Phi) is 12.4. The number of rotatable bonds is 0. The lowest BCUT2D eigenvalue weighted by Crippen LogP contribution is -2.57. The Morgan fingerprint density at radius 2 is 1.71 bits per heavy atom. The van der Waals surface area contributed by atoms with E-state index in [4.69, 9.17) is 10.1 Å². The van der Waals surface area contributed by atoms with Gasteiger partial charge < -0.3 is 15.8 Å². The lowest BCUT2D eigenvalue weighted by molar-refractivity contribution is -0.407. The van der Waals surface area contributed by atoms with E-state index in [0.29, 0.717) is 6.04 Å². The molecular weight excluding hydrogens is 96.0 g/mol. The molecule has 0 aromatic heterocycles. The van der Waals surface area contributed by atoms with Gasteiger partial charge in [0.25, 0.3) is 0 Å². The standard InChI is InChI=1S/C3H9N.HNO2/c1-3(2)4;2-1-3/h3H,4H2,1-2H3;(H,2,3). The lowest BCUT2D eigenvalue weighted by Gasteiger charge is -1.77. The number of quaternary nitrogens is 1. The molecule has 0 aromatic rings. The second kappa shape index (κ2) is 9.03. The maximum atomic E-state index is 8.00. The predicted octanol–water partition coefficient (Wildman–Crippen LogP) is -0.113. The summed E-state index contributed by atoms with van der Waals surface area (Å²) in [7, 11) is 0. The first-order chi connectivity index (χ1) is 3.15. The van der Waals surface area contributed by atoms with Gasteiger partial charge in [-0.3, -0.25) is 0 Å². The fourth-order valence-corrected chi connectivity index (χ4v) is 0. The van der Waals surface area contributed by atoms with Crippen LogP contribution in [0.25, 0.3) is 0 Å². The Labute approximate surface area is 42.3 Å². The van der Waals surface area contributed by atoms with Gasteiger partial charge in [0, 0.05) is 0 Å². The van der Waals surface area contributed by atoms with E-state index in [9.17, 15) is 0 Å². The van der Waals surface area contributed by atoms with Crippen LogP contribution in [0.4, 0.5) is 0 Å². The summed E-state index contributed by atoms with van der Waals surface area (Å²) in [6.07, 6.45) is 0. The van der Waals surface area contributed by atoms with E-state index in [1.165, 1.54) is 0 Å². The van der Waals surface area contributed by atoms with Crippen LogP contribution in [0, 0.1) is 10.1 Å². The van der Waals surface area contributed by atoms with E-state index < -0.39 is 0 Å². The van der Waals surface area contributed by atoms with Crippen molar-refractivity contribution < 1.29 is 5.73 Å². The van der Waals surface area contributed by atoms with Crippen molar-refractivity contribution in [1.82, 2.24) is 0 Å². The highest BCUT2D eigenvalue weighted by Crippen LogP contribution is 1.53. The van der Waals surface area contributed by atoms with Crippen molar-refractivity contribution in [2.75, 3.05) is 0 Å². The topological polar surface area (TPSA) is 80.1 Å².